The number of benzene rings is 1. The highest BCUT2D eigenvalue weighted by molar-refractivity contribution is 8.14. The number of carbonyl (C=O) groups is 5. The standard InChI is InChI=1S/C33H43N7O6S2/c1-5-17(2)25-32-37-22(16-48-32)27(42)34-18(3)31-36-23(15-47-31)28(43)35-21(14-20-10-7-6-8-11-20)33(46)40-13-9-12-24(40)29(44)39-26(19(4)41)30(45)38-25/h6-8,10-11,15,17-19,21-22,24-26,41H,5,9,12-14,16H2,1-4H3,(H,34,42)(H,35,43)(H,38,45)(H,39,44)/t17-,18+,19-,21-,22-,24-,25+,26-/m0/s1. The maximum absolute atomic E-state index is 14.1. The molecule has 13 nitrogen and oxygen atoms in total. The number of nitrogens with one attached hydrogen (secondary N) is 4. The Kier molecular flexibility index (Phi) is 11.5. The summed E-state index contributed by atoms with van der Waals surface area (Å²) in [6.07, 6.45) is 0.541. The summed E-state index contributed by atoms with van der Waals surface area (Å²) >= 11 is 2.61. The van der Waals surface area contributed by atoms with Crippen molar-refractivity contribution in [3.8, 4) is 0 Å². The molecule has 2 aromatic rings. The van der Waals surface area contributed by atoms with Gasteiger partial charge in [-0.25, -0.2) is 4.98 Å². The first kappa shape index (κ1) is 35.5. The molecule has 5 N–H and O–H groups in total. The van der Waals surface area contributed by atoms with Gasteiger partial charge in [-0.05, 0) is 38.2 Å². The molecular formula is C33H43N7O6S2. The number of thioether (sulfide) groups is 1. The van der Waals surface area contributed by atoms with Crippen LogP contribution >= 0.6 is 23.1 Å². The Morgan fingerprint density at radius 3 is 2.42 bits per heavy atom. The van der Waals surface area contributed by atoms with Crippen LogP contribution in [0.5, 0.6) is 0 Å². The highest BCUT2D eigenvalue weighted by atomic mass is 32.2. The zero-order chi connectivity index (χ0) is 34.5. The predicted octanol–water partition coefficient (Wildman–Crippen LogP) is 1.58. The van der Waals surface area contributed by atoms with Gasteiger partial charge < -0.3 is 31.3 Å². The second kappa shape index (κ2) is 15.6. The van der Waals surface area contributed by atoms with Crippen LogP contribution < -0.4 is 21.3 Å². The molecule has 0 aliphatic carbocycles. The van der Waals surface area contributed by atoms with Gasteiger partial charge in [0.25, 0.3) is 5.91 Å². The average Bonchev–Trinajstić information content (AvgIpc) is 3.86. The minimum atomic E-state index is -1.30. The van der Waals surface area contributed by atoms with E-state index in [0.717, 1.165) is 5.56 Å². The van der Waals surface area contributed by atoms with Crippen molar-refractivity contribution < 1.29 is 29.1 Å². The minimum Gasteiger partial charge on any atom is -0.391 e. The molecule has 258 valence electrons. The number of carbonyl (C=O) groups excluding carboxylic acids is 5. The van der Waals surface area contributed by atoms with Gasteiger partial charge in [0.2, 0.25) is 23.6 Å². The van der Waals surface area contributed by atoms with Gasteiger partial charge in [-0.2, -0.15) is 0 Å². The van der Waals surface area contributed by atoms with Crippen LogP contribution in [-0.2, 0) is 25.6 Å². The molecule has 1 aromatic carbocycles. The lowest BCUT2D eigenvalue weighted by atomic mass is 9.99. The van der Waals surface area contributed by atoms with E-state index in [1.807, 2.05) is 44.2 Å². The first-order valence-corrected chi connectivity index (χ1v) is 18.2. The maximum atomic E-state index is 14.1. The Morgan fingerprint density at radius 1 is 0.979 bits per heavy atom. The minimum absolute atomic E-state index is 0.0591. The molecule has 3 aliphatic rings. The van der Waals surface area contributed by atoms with Crippen molar-refractivity contribution in [3.63, 3.8) is 0 Å². The van der Waals surface area contributed by atoms with Gasteiger partial charge in [-0.1, -0.05) is 50.6 Å². The number of nitrogens with zero attached hydrogens (tertiary/aromatic N) is 3. The summed E-state index contributed by atoms with van der Waals surface area (Å²) in [5.74, 6) is -2.14. The first-order valence-electron chi connectivity index (χ1n) is 16.4. The number of amides is 5. The molecule has 5 rings (SSSR count). The summed E-state index contributed by atoms with van der Waals surface area (Å²) in [5, 5.41) is 24.8. The van der Waals surface area contributed by atoms with Crippen molar-refractivity contribution in [2.45, 2.75) is 95.7 Å². The van der Waals surface area contributed by atoms with Crippen molar-refractivity contribution >= 4 is 57.7 Å². The lowest BCUT2D eigenvalue weighted by molar-refractivity contribution is -0.141. The molecule has 0 saturated carbocycles. The third-order valence-corrected chi connectivity index (χ3v) is 11.2. The fourth-order valence-electron chi connectivity index (χ4n) is 6.03. The molecule has 0 radical (unpaired) electrons. The largest absolute Gasteiger partial charge is 0.391 e. The first-order chi connectivity index (χ1) is 23.0. The van der Waals surface area contributed by atoms with E-state index in [1.54, 1.807) is 12.3 Å². The number of rotatable bonds is 5. The lowest BCUT2D eigenvalue weighted by Gasteiger charge is -2.31. The van der Waals surface area contributed by atoms with Crippen molar-refractivity contribution in [2.24, 2.45) is 10.9 Å². The van der Waals surface area contributed by atoms with Crippen molar-refractivity contribution in [2.75, 3.05) is 12.3 Å². The van der Waals surface area contributed by atoms with E-state index < -0.39 is 66.0 Å². The van der Waals surface area contributed by atoms with Gasteiger partial charge in [-0.15, -0.1) is 23.1 Å². The molecule has 1 fully saturated rings. The van der Waals surface area contributed by atoms with Crippen LogP contribution in [0, 0.1) is 5.92 Å². The zero-order valence-corrected chi connectivity index (χ0v) is 29.1. The van der Waals surface area contributed by atoms with Crippen LogP contribution in [0.1, 0.15) is 74.1 Å². The Labute approximate surface area is 288 Å². The van der Waals surface area contributed by atoms with Crippen LogP contribution in [-0.4, -0.2) is 98.2 Å². The van der Waals surface area contributed by atoms with E-state index in [4.69, 9.17) is 0 Å². The van der Waals surface area contributed by atoms with Gasteiger partial charge in [0.05, 0.1) is 23.2 Å². The summed E-state index contributed by atoms with van der Waals surface area (Å²) in [6.45, 7) is 7.42. The monoisotopic (exact) mass is 697 g/mol. The lowest BCUT2D eigenvalue weighted by Crippen LogP contribution is -2.60. The van der Waals surface area contributed by atoms with Gasteiger partial charge in [0, 0.05) is 24.1 Å². The summed E-state index contributed by atoms with van der Waals surface area (Å²) in [5.41, 5.74) is 0.927. The summed E-state index contributed by atoms with van der Waals surface area (Å²) in [6, 6.07) is 4.28. The van der Waals surface area contributed by atoms with E-state index in [0.29, 0.717) is 35.1 Å². The van der Waals surface area contributed by atoms with E-state index >= 15 is 0 Å². The van der Waals surface area contributed by atoms with Crippen molar-refractivity contribution in [1.29, 1.82) is 0 Å². The highest BCUT2D eigenvalue weighted by Crippen LogP contribution is 2.27. The topological polar surface area (TPSA) is 182 Å². The molecule has 4 heterocycles. The Hall–Kier alpha value is -3.82. The molecule has 0 spiro atoms. The van der Waals surface area contributed by atoms with E-state index in [2.05, 4.69) is 31.2 Å². The van der Waals surface area contributed by atoms with Crippen LogP contribution in [0.4, 0.5) is 0 Å². The van der Waals surface area contributed by atoms with Crippen molar-refractivity contribution in [1.82, 2.24) is 31.2 Å². The number of fused-ring (bicyclic) bond motifs is 4. The molecule has 3 aliphatic heterocycles. The molecule has 8 atom stereocenters. The molecule has 48 heavy (non-hydrogen) atoms. The summed E-state index contributed by atoms with van der Waals surface area (Å²) in [4.78, 5) is 78.9. The second-order valence-corrected chi connectivity index (χ2v) is 14.5. The summed E-state index contributed by atoms with van der Waals surface area (Å²) in [7, 11) is 0. The number of aliphatic hydroxyl groups excluding tert-OH is 1. The van der Waals surface area contributed by atoms with Crippen LogP contribution in [0.2, 0.25) is 0 Å². The van der Waals surface area contributed by atoms with Gasteiger partial charge in [0.15, 0.2) is 0 Å². The molecule has 5 amide bonds. The quantitative estimate of drug-likeness (QED) is 0.312. The van der Waals surface area contributed by atoms with E-state index in [-0.39, 0.29) is 30.5 Å². The van der Waals surface area contributed by atoms with Crippen LogP contribution in [0.25, 0.3) is 0 Å². The highest BCUT2D eigenvalue weighted by Gasteiger charge is 2.41. The zero-order valence-electron chi connectivity index (χ0n) is 27.5. The smallest absolute Gasteiger partial charge is 0.271 e. The molecular weight excluding hydrogens is 655 g/mol. The number of aliphatic imine (C=N–C) groups is 1. The summed E-state index contributed by atoms with van der Waals surface area (Å²) < 4.78 is 0. The SMILES string of the molecule is CC[C@H](C)[C@H]1NC(=O)[C@H]([C@H](C)O)NC(=O)[C@@H]2CCCN2C(=O)[C@H](Cc2ccccc2)NC(=O)c2csc(n2)[C@@H](C)NC(=O)[C@@H]2CSC1=N2. The molecule has 0 unspecified atom stereocenters. The third-order valence-electron chi connectivity index (χ3n) is 9.02. The molecule has 15 heteroatoms. The Morgan fingerprint density at radius 2 is 1.71 bits per heavy atom. The maximum Gasteiger partial charge on any atom is 0.271 e. The number of hydrogen-bond acceptors (Lipinski definition) is 10. The van der Waals surface area contributed by atoms with E-state index in [1.165, 1.54) is 34.9 Å². The van der Waals surface area contributed by atoms with Gasteiger partial charge in [0.1, 0.15) is 34.9 Å². The fraction of sp³-hybridized carbons (Fsp3) is 0.545. The van der Waals surface area contributed by atoms with Crippen molar-refractivity contribution in [3.05, 3.63) is 52.0 Å². The third kappa shape index (κ3) is 8.06. The average molecular weight is 698 g/mol. The number of thiazole rings is 1. The normalized spacial score (nSPS) is 28.6. The molecule has 1 saturated heterocycles. The van der Waals surface area contributed by atoms with Crippen LogP contribution in [0.15, 0.2) is 40.7 Å². The van der Waals surface area contributed by atoms with E-state index in [9.17, 15) is 29.1 Å². The van der Waals surface area contributed by atoms with Crippen LogP contribution in [0.3, 0.4) is 0 Å². The van der Waals surface area contributed by atoms with Gasteiger partial charge in [-0.3, -0.25) is 29.0 Å². The molecule has 1 aromatic heterocycles. The number of aromatic nitrogens is 1. The second-order valence-electron chi connectivity index (χ2n) is 12.6. The fourth-order valence-corrected chi connectivity index (χ4v) is 8.06. The number of aliphatic hydroxyl groups is 1. The number of hydrogen-bond donors (Lipinski definition) is 5. The van der Waals surface area contributed by atoms with Gasteiger partial charge >= 0.3 is 0 Å². The molecule has 4 bridgehead atoms. The Balaban J connectivity index is 1.50. The predicted molar refractivity (Wildman–Crippen MR) is 183 cm³/mol. The Bertz CT molecular complexity index is 1550.